The number of piperidine rings is 2. The number of amides is 1. The van der Waals surface area contributed by atoms with Crippen molar-refractivity contribution in [1.29, 1.82) is 0 Å². The van der Waals surface area contributed by atoms with E-state index in [2.05, 4.69) is 21.7 Å². The van der Waals surface area contributed by atoms with E-state index in [0.717, 1.165) is 31.6 Å². The molecule has 12 heteroatoms. The van der Waals surface area contributed by atoms with Crippen molar-refractivity contribution >= 4 is 27.0 Å². The van der Waals surface area contributed by atoms with Crippen LogP contribution in [0.2, 0.25) is 0 Å². The van der Waals surface area contributed by atoms with Crippen LogP contribution in [0, 0.1) is 11.8 Å². The van der Waals surface area contributed by atoms with Crippen molar-refractivity contribution in [2.24, 2.45) is 18.9 Å². The van der Waals surface area contributed by atoms with Gasteiger partial charge in [-0.1, -0.05) is 0 Å². The summed E-state index contributed by atoms with van der Waals surface area (Å²) in [7, 11) is -2.25. The Kier molecular flexibility index (Phi) is 6.73. The molecular formula is C24H32N6O5S. The molecule has 0 spiro atoms. The third kappa shape index (κ3) is 4.59. The van der Waals surface area contributed by atoms with Gasteiger partial charge >= 0.3 is 5.76 Å². The van der Waals surface area contributed by atoms with E-state index < -0.39 is 15.8 Å². The first-order valence-corrected chi connectivity index (χ1v) is 14.0. The molecule has 0 radical (unpaired) electrons. The standard InChI is InChI=1S/C24H32N6O5S/c1-3-28-16-25-26-22(28)13-17-8-11-29(12-9-17)23(31)18-5-4-10-30(15-18)36(33,34)19-6-7-20-21(14-19)35-24(32)27(20)2/h6-7,14,16-18H,3-5,8-13,15H2,1-2H3. The van der Waals surface area contributed by atoms with Gasteiger partial charge in [0, 0.05) is 52.3 Å². The molecule has 36 heavy (non-hydrogen) atoms. The van der Waals surface area contributed by atoms with Crippen LogP contribution in [0.25, 0.3) is 11.1 Å². The quantitative estimate of drug-likeness (QED) is 0.488. The molecule has 11 nitrogen and oxygen atoms in total. The molecule has 1 atom stereocenters. The number of hydrogen-bond donors (Lipinski definition) is 0. The second-order valence-corrected chi connectivity index (χ2v) is 11.7. The van der Waals surface area contributed by atoms with Crippen molar-refractivity contribution in [3.8, 4) is 0 Å². The second-order valence-electron chi connectivity index (χ2n) is 9.76. The van der Waals surface area contributed by atoms with Gasteiger partial charge in [-0.25, -0.2) is 13.2 Å². The summed E-state index contributed by atoms with van der Waals surface area (Å²) < 4.78 is 36.7. The van der Waals surface area contributed by atoms with Gasteiger partial charge in [-0.05, 0) is 50.7 Å². The van der Waals surface area contributed by atoms with Crippen LogP contribution in [0.1, 0.15) is 38.4 Å². The summed E-state index contributed by atoms with van der Waals surface area (Å²) in [5, 5.41) is 8.24. The van der Waals surface area contributed by atoms with Gasteiger partial charge in [-0.2, -0.15) is 4.31 Å². The Morgan fingerprint density at radius 1 is 1.17 bits per heavy atom. The lowest BCUT2D eigenvalue weighted by molar-refractivity contribution is -0.138. The third-order valence-corrected chi connectivity index (χ3v) is 9.43. The normalized spacial score (nSPS) is 20.3. The Labute approximate surface area is 209 Å². The highest BCUT2D eigenvalue weighted by Crippen LogP contribution is 2.29. The van der Waals surface area contributed by atoms with Crippen LogP contribution in [0.5, 0.6) is 0 Å². The van der Waals surface area contributed by atoms with E-state index >= 15 is 0 Å². The van der Waals surface area contributed by atoms with Crippen LogP contribution in [0.3, 0.4) is 0 Å². The minimum Gasteiger partial charge on any atom is -0.408 e. The van der Waals surface area contributed by atoms with Gasteiger partial charge < -0.3 is 13.9 Å². The number of sulfonamides is 1. The molecule has 0 aliphatic carbocycles. The van der Waals surface area contributed by atoms with E-state index in [4.69, 9.17) is 4.42 Å². The zero-order chi connectivity index (χ0) is 25.4. The SMILES string of the molecule is CCn1cnnc1CC1CCN(C(=O)C2CCCN(S(=O)(=O)c3ccc4c(c3)oc(=O)n4C)C2)CC1. The van der Waals surface area contributed by atoms with E-state index in [1.807, 2.05) is 4.90 Å². The van der Waals surface area contributed by atoms with Gasteiger partial charge in [0.05, 0.1) is 16.3 Å². The van der Waals surface area contributed by atoms with E-state index in [0.29, 0.717) is 43.9 Å². The number of aromatic nitrogens is 4. The van der Waals surface area contributed by atoms with Gasteiger partial charge in [0.1, 0.15) is 12.2 Å². The minimum atomic E-state index is -3.82. The van der Waals surface area contributed by atoms with Crippen LogP contribution in [-0.4, -0.2) is 69.0 Å². The van der Waals surface area contributed by atoms with Crippen LogP contribution >= 0.6 is 0 Å². The predicted octanol–water partition coefficient (Wildman–Crippen LogP) is 1.62. The average molecular weight is 517 g/mol. The number of oxazole rings is 1. The zero-order valence-corrected chi connectivity index (χ0v) is 21.5. The molecule has 1 amide bonds. The van der Waals surface area contributed by atoms with Crippen molar-refractivity contribution in [3.63, 3.8) is 0 Å². The maximum Gasteiger partial charge on any atom is 0.419 e. The van der Waals surface area contributed by atoms with Crippen molar-refractivity contribution in [2.75, 3.05) is 26.2 Å². The third-order valence-electron chi connectivity index (χ3n) is 7.57. The highest BCUT2D eigenvalue weighted by atomic mass is 32.2. The first-order valence-electron chi connectivity index (χ1n) is 12.5. The number of likely N-dealkylation sites (tertiary alicyclic amines) is 1. The molecule has 1 aromatic carbocycles. The molecule has 2 fully saturated rings. The lowest BCUT2D eigenvalue weighted by atomic mass is 9.91. The number of rotatable bonds is 6. The Morgan fingerprint density at radius 2 is 1.94 bits per heavy atom. The number of aryl methyl sites for hydroxylation is 2. The van der Waals surface area contributed by atoms with Gasteiger partial charge in [0.15, 0.2) is 5.58 Å². The maximum atomic E-state index is 13.4. The minimum absolute atomic E-state index is 0.0367. The van der Waals surface area contributed by atoms with Gasteiger partial charge in [0.25, 0.3) is 0 Å². The summed E-state index contributed by atoms with van der Waals surface area (Å²) in [6.45, 7) is 4.79. The second kappa shape index (κ2) is 9.81. The summed E-state index contributed by atoms with van der Waals surface area (Å²) in [5.74, 6) is 0.587. The van der Waals surface area contributed by atoms with Crippen molar-refractivity contribution in [2.45, 2.75) is 50.5 Å². The Hall–Kier alpha value is -2.99. The number of carbonyl (C=O) groups excluding carboxylic acids is 1. The lowest BCUT2D eigenvalue weighted by Gasteiger charge is -2.37. The molecule has 2 aliphatic heterocycles. The van der Waals surface area contributed by atoms with Crippen molar-refractivity contribution in [1.82, 2.24) is 28.5 Å². The molecule has 0 saturated carbocycles. The summed E-state index contributed by atoms with van der Waals surface area (Å²) in [6.07, 6.45) is 5.72. The lowest BCUT2D eigenvalue weighted by Crippen LogP contribution is -2.48. The Balaban J connectivity index is 1.22. The summed E-state index contributed by atoms with van der Waals surface area (Å²) >= 11 is 0. The summed E-state index contributed by atoms with van der Waals surface area (Å²) in [6, 6.07) is 4.46. The van der Waals surface area contributed by atoms with Crippen LogP contribution in [0.4, 0.5) is 0 Å². The van der Waals surface area contributed by atoms with Crippen molar-refractivity contribution in [3.05, 3.63) is 40.9 Å². The number of fused-ring (bicyclic) bond motifs is 1. The molecule has 0 N–H and O–H groups in total. The molecule has 1 unspecified atom stereocenters. The number of carbonyl (C=O) groups is 1. The fraction of sp³-hybridized carbons (Fsp3) is 0.583. The first kappa shape index (κ1) is 24.7. The summed E-state index contributed by atoms with van der Waals surface area (Å²) in [5.41, 5.74) is 0.761. The highest BCUT2D eigenvalue weighted by Gasteiger charge is 2.36. The summed E-state index contributed by atoms with van der Waals surface area (Å²) in [4.78, 5) is 27.1. The Morgan fingerprint density at radius 3 is 2.69 bits per heavy atom. The van der Waals surface area contributed by atoms with Gasteiger partial charge in [0.2, 0.25) is 15.9 Å². The predicted molar refractivity (Wildman–Crippen MR) is 132 cm³/mol. The molecule has 2 aromatic heterocycles. The highest BCUT2D eigenvalue weighted by molar-refractivity contribution is 7.89. The fourth-order valence-electron chi connectivity index (χ4n) is 5.36. The number of nitrogens with zero attached hydrogens (tertiary/aromatic N) is 6. The first-order chi connectivity index (χ1) is 17.3. The molecule has 3 aromatic rings. The molecule has 0 bridgehead atoms. The van der Waals surface area contributed by atoms with E-state index in [1.165, 1.54) is 21.0 Å². The number of hydrogen-bond acceptors (Lipinski definition) is 7. The number of benzene rings is 1. The molecule has 2 saturated heterocycles. The van der Waals surface area contributed by atoms with Crippen LogP contribution in [0.15, 0.2) is 38.6 Å². The average Bonchev–Trinajstić information content (AvgIpc) is 3.46. The monoisotopic (exact) mass is 516 g/mol. The van der Waals surface area contributed by atoms with E-state index in [9.17, 15) is 18.0 Å². The fourth-order valence-corrected chi connectivity index (χ4v) is 6.90. The smallest absolute Gasteiger partial charge is 0.408 e. The molecule has 4 heterocycles. The molecule has 194 valence electrons. The molecule has 2 aliphatic rings. The molecule has 5 rings (SSSR count). The van der Waals surface area contributed by atoms with Gasteiger partial charge in [-0.3, -0.25) is 9.36 Å². The van der Waals surface area contributed by atoms with Crippen molar-refractivity contribution < 1.29 is 17.6 Å². The van der Waals surface area contributed by atoms with Crippen LogP contribution < -0.4 is 5.76 Å². The molecular weight excluding hydrogens is 484 g/mol. The van der Waals surface area contributed by atoms with Crippen LogP contribution in [-0.2, 0) is 34.8 Å². The van der Waals surface area contributed by atoms with E-state index in [1.54, 1.807) is 19.4 Å². The van der Waals surface area contributed by atoms with Gasteiger partial charge in [-0.15, -0.1) is 10.2 Å². The topological polar surface area (TPSA) is 124 Å². The maximum absolute atomic E-state index is 13.4. The zero-order valence-electron chi connectivity index (χ0n) is 20.7. The Bertz CT molecular complexity index is 1420. The largest absolute Gasteiger partial charge is 0.419 e. The van der Waals surface area contributed by atoms with E-state index in [-0.39, 0.29) is 28.8 Å².